The summed E-state index contributed by atoms with van der Waals surface area (Å²) in [7, 11) is 0. The minimum atomic E-state index is -4.49. The third-order valence-electron chi connectivity index (χ3n) is 4.22. The Labute approximate surface area is 137 Å². The van der Waals surface area contributed by atoms with Gasteiger partial charge in [0.2, 0.25) is 0 Å². The van der Waals surface area contributed by atoms with Gasteiger partial charge >= 0.3 is 6.18 Å². The van der Waals surface area contributed by atoms with Gasteiger partial charge < -0.3 is 0 Å². The van der Waals surface area contributed by atoms with E-state index in [-0.39, 0.29) is 23.4 Å². The molecule has 0 aromatic carbocycles. The summed E-state index contributed by atoms with van der Waals surface area (Å²) >= 11 is 0. The maximum atomic E-state index is 12.9. The number of nitrogens with zero attached hydrogens (tertiary/aromatic N) is 3. The Hall–Kier alpha value is -2.18. The van der Waals surface area contributed by atoms with Crippen LogP contribution in [0.3, 0.4) is 0 Å². The van der Waals surface area contributed by atoms with E-state index in [4.69, 9.17) is 0 Å². The fourth-order valence-electron chi connectivity index (χ4n) is 3.05. The lowest BCUT2D eigenvalue weighted by molar-refractivity contribution is -0.141. The number of rotatable bonds is 3. The molecule has 0 amide bonds. The Morgan fingerprint density at radius 2 is 2.00 bits per heavy atom. The van der Waals surface area contributed by atoms with Gasteiger partial charge in [0.05, 0.1) is 5.69 Å². The predicted molar refractivity (Wildman–Crippen MR) is 82.4 cm³/mol. The van der Waals surface area contributed by atoms with Crippen molar-refractivity contribution >= 4 is 5.78 Å². The number of hydrogen-bond acceptors (Lipinski definition) is 3. The standard InChI is InChI=1S/C17H18F3N3O/c1-10(2)23-15(11-6-7-12(24)8-11)9-14(22-23)13-4-3-5-16(21-13)17(18,19)20/h3-5,9-11H,6-8H2,1-2H3/t11-/m0/s1. The van der Waals surface area contributed by atoms with E-state index in [1.54, 1.807) is 10.7 Å². The molecule has 1 atom stereocenters. The molecule has 2 heterocycles. The summed E-state index contributed by atoms with van der Waals surface area (Å²) in [6.07, 6.45) is -2.72. The van der Waals surface area contributed by atoms with Crippen LogP contribution in [0.5, 0.6) is 0 Å². The molecule has 0 unspecified atom stereocenters. The first-order valence-corrected chi connectivity index (χ1v) is 7.91. The normalized spacial score (nSPS) is 18.6. The van der Waals surface area contributed by atoms with Crippen LogP contribution in [0, 0.1) is 0 Å². The van der Waals surface area contributed by atoms with Crippen molar-refractivity contribution in [3.05, 3.63) is 35.7 Å². The van der Waals surface area contributed by atoms with Gasteiger partial charge in [-0.05, 0) is 38.5 Å². The van der Waals surface area contributed by atoms with E-state index in [9.17, 15) is 18.0 Å². The quantitative estimate of drug-likeness (QED) is 0.835. The number of pyridine rings is 1. The molecule has 0 saturated heterocycles. The highest BCUT2D eigenvalue weighted by molar-refractivity contribution is 5.81. The van der Waals surface area contributed by atoms with E-state index >= 15 is 0 Å². The second-order valence-electron chi connectivity index (χ2n) is 6.38. The monoisotopic (exact) mass is 337 g/mol. The third kappa shape index (κ3) is 3.20. The van der Waals surface area contributed by atoms with Gasteiger partial charge in [0.1, 0.15) is 17.2 Å². The number of ketones is 1. The lowest BCUT2D eigenvalue weighted by Gasteiger charge is -2.14. The molecular formula is C17H18F3N3O. The van der Waals surface area contributed by atoms with Crippen molar-refractivity contribution in [3.8, 4) is 11.4 Å². The van der Waals surface area contributed by atoms with Gasteiger partial charge in [-0.1, -0.05) is 6.07 Å². The molecule has 1 aliphatic carbocycles. The molecule has 1 fully saturated rings. The molecule has 0 radical (unpaired) electrons. The Morgan fingerprint density at radius 3 is 2.58 bits per heavy atom. The van der Waals surface area contributed by atoms with Crippen LogP contribution in [-0.4, -0.2) is 20.5 Å². The van der Waals surface area contributed by atoms with Crippen LogP contribution in [0.1, 0.15) is 56.5 Å². The number of alkyl halides is 3. The largest absolute Gasteiger partial charge is 0.433 e. The number of Topliss-reactive ketones (excluding diaryl/α,β-unsaturated/α-hetero) is 1. The van der Waals surface area contributed by atoms with Crippen molar-refractivity contribution in [2.75, 3.05) is 0 Å². The minimum Gasteiger partial charge on any atom is -0.300 e. The molecule has 0 bridgehead atoms. The van der Waals surface area contributed by atoms with Gasteiger partial charge in [-0.3, -0.25) is 9.48 Å². The molecule has 128 valence electrons. The second-order valence-corrected chi connectivity index (χ2v) is 6.38. The first-order valence-electron chi connectivity index (χ1n) is 7.91. The number of carbonyl (C=O) groups is 1. The highest BCUT2D eigenvalue weighted by atomic mass is 19.4. The van der Waals surface area contributed by atoms with Crippen molar-refractivity contribution in [2.24, 2.45) is 0 Å². The molecule has 0 N–H and O–H groups in total. The van der Waals surface area contributed by atoms with E-state index in [1.807, 2.05) is 13.8 Å². The number of hydrogen-bond donors (Lipinski definition) is 0. The van der Waals surface area contributed by atoms with Crippen molar-refractivity contribution < 1.29 is 18.0 Å². The molecule has 2 aromatic heterocycles. The Bertz CT molecular complexity index is 765. The average molecular weight is 337 g/mol. The summed E-state index contributed by atoms with van der Waals surface area (Å²) in [6.45, 7) is 3.91. The van der Waals surface area contributed by atoms with Crippen molar-refractivity contribution in [3.63, 3.8) is 0 Å². The lowest BCUT2D eigenvalue weighted by atomic mass is 10.0. The van der Waals surface area contributed by atoms with Crippen molar-refractivity contribution in [2.45, 2.75) is 51.2 Å². The summed E-state index contributed by atoms with van der Waals surface area (Å²) in [5, 5.41) is 4.45. The number of halogens is 3. The molecule has 2 aromatic rings. The summed E-state index contributed by atoms with van der Waals surface area (Å²) < 4.78 is 40.4. The van der Waals surface area contributed by atoms with E-state index in [2.05, 4.69) is 10.1 Å². The molecule has 24 heavy (non-hydrogen) atoms. The van der Waals surface area contributed by atoms with E-state index in [1.165, 1.54) is 12.1 Å². The first-order chi connectivity index (χ1) is 11.3. The first kappa shape index (κ1) is 16.7. The lowest BCUT2D eigenvalue weighted by Crippen LogP contribution is -2.10. The summed E-state index contributed by atoms with van der Waals surface area (Å²) in [5.74, 6) is 0.294. The Kier molecular flexibility index (Phi) is 4.19. The summed E-state index contributed by atoms with van der Waals surface area (Å²) in [6, 6.07) is 5.62. The average Bonchev–Trinajstić information content (AvgIpc) is 3.12. The smallest absolute Gasteiger partial charge is 0.300 e. The van der Waals surface area contributed by atoms with E-state index in [0.717, 1.165) is 18.2 Å². The SMILES string of the molecule is CC(C)n1nc(-c2cccc(C(F)(F)F)n2)cc1[C@H]1CCC(=O)C1. The molecule has 7 heteroatoms. The third-order valence-corrected chi connectivity index (χ3v) is 4.22. The highest BCUT2D eigenvalue weighted by Gasteiger charge is 2.33. The van der Waals surface area contributed by atoms with Gasteiger partial charge in [0.25, 0.3) is 0 Å². The van der Waals surface area contributed by atoms with Crippen LogP contribution in [0.15, 0.2) is 24.3 Å². The zero-order chi connectivity index (χ0) is 17.5. The van der Waals surface area contributed by atoms with Crippen LogP contribution in [0.4, 0.5) is 13.2 Å². The molecule has 4 nitrogen and oxygen atoms in total. The van der Waals surface area contributed by atoms with Gasteiger partial charge in [-0.15, -0.1) is 0 Å². The fraction of sp³-hybridized carbons (Fsp3) is 0.471. The topological polar surface area (TPSA) is 47.8 Å². The Morgan fingerprint density at radius 1 is 1.25 bits per heavy atom. The molecule has 0 aliphatic heterocycles. The van der Waals surface area contributed by atoms with Crippen LogP contribution in [0.2, 0.25) is 0 Å². The molecular weight excluding hydrogens is 319 g/mol. The number of carbonyl (C=O) groups excluding carboxylic acids is 1. The van der Waals surface area contributed by atoms with Gasteiger partial charge in [0.15, 0.2) is 0 Å². The summed E-state index contributed by atoms with van der Waals surface area (Å²) in [5.41, 5.74) is 0.556. The molecule has 3 rings (SSSR count). The van der Waals surface area contributed by atoms with Crippen molar-refractivity contribution in [1.82, 2.24) is 14.8 Å². The van der Waals surface area contributed by atoms with E-state index in [0.29, 0.717) is 18.5 Å². The zero-order valence-corrected chi connectivity index (χ0v) is 13.5. The highest BCUT2D eigenvalue weighted by Crippen LogP contribution is 2.35. The van der Waals surface area contributed by atoms with Gasteiger partial charge in [-0.25, -0.2) is 4.98 Å². The van der Waals surface area contributed by atoms with Crippen molar-refractivity contribution in [1.29, 1.82) is 0 Å². The minimum absolute atomic E-state index is 0.0512. The molecule has 1 aliphatic rings. The zero-order valence-electron chi connectivity index (χ0n) is 13.5. The van der Waals surface area contributed by atoms with Crippen LogP contribution < -0.4 is 0 Å². The maximum absolute atomic E-state index is 12.9. The molecule has 0 spiro atoms. The van der Waals surface area contributed by atoms with Crippen LogP contribution in [-0.2, 0) is 11.0 Å². The Balaban J connectivity index is 2.02. The molecule has 1 saturated carbocycles. The number of aromatic nitrogens is 3. The van der Waals surface area contributed by atoms with Gasteiger partial charge in [-0.2, -0.15) is 18.3 Å². The predicted octanol–water partition coefficient (Wildman–Crippen LogP) is 4.38. The maximum Gasteiger partial charge on any atom is 0.433 e. The van der Waals surface area contributed by atoms with Gasteiger partial charge in [0, 0.05) is 30.5 Å². The van der Waals surface area contributed by atoms with E-state index < -0.39 is 11.9 Å². The van der Waals surface area contributed by atoms with Crippen LogP contribution in [0.25, 0.3) is 11.4 Å². The fourth-order valence-corrected chi connectivity index (χ4v) is 3.05. The second kappa shape index (κ2) is 6.03. The van der Waals surface area contributed by atoms with Crippen LogP contribution >= 0.6 is 0 Å². The summed E-state index contributed by atoms with van der Waals surface area (Å²) in [4.78, 5) is 15.3.